The van der Waals surface area contributed by atoms with Crippen molar-refractivity contribution in [1.29, 1.82) is 0 Å². The number of hydrogen-bond donors (Lipinski definition) is 1. The number of ether oxygens (including phenoxy) is 1. The maximum atomic E-state index is 12.9. The summed E-state index contributed by atoms with van der Waals surface area (Å²) in [5.41, 5.74) is -0.134. The van der Waals surface area contributed by atoms with E-state index in [2.05, 4.69) is 17.0 Å². The molecule has 0 atom stereocenters. The van der Waals surface area contributed by atoms with Gasteiger partial charge in [0.25, 0.3) is 0 Å². The lowest BCUT2D eigenvalue weighted by molar-refractivity contribution is 0.173. The number of amides is 1. The SMILES string of the molecule is [CH2]COC(=O)Nc1ccc(F)cc1F. The zero-order chi connectivity index (χ0) is 10.6. The Bertz CT molecular complexity index is 342. The molecule has 1 radical (unpaired) electrons. The standard InChI is InChI=1S/C9H8F2NO2/c1-2-14-9(13)12-8-4-3-6(10)5-7(8)11/h3-5H,1-2H2,(H,12,13). The van der Waals surface area contributed by atoms with E-state index in [1.165, 1.54) is 0 Å². The van der Waals surface area contributed by atoms with Gasteiger partial charge >= 0.3 is 6.09 Å². The zero-order valence-electron chi connectivity index (χ0n) is 7.22. The average Bonchev–Trinajstić information content (AvgIpc) is 2.10. The minimum atomic E-state index is -0.856. The molecule has 1 aromatic carbocycles. The molecule has 0 aliphatic carbocycles. The highest BCUT2D eigenvalue weighted by Crippen LogP contribution is 2.14. The molecule has 1 N–H and O–H groups in total. The maximum absolute atomic E-state index is 12.9. The van der Waals surface area contributed by atoms with Crippen molar-refractivity contribution >= 4 is 11.8 Å². The molecule has 75 valence electrons. The molecule has 1 aromatic rings. The summed E-state index contributed by atoms with van der Waals surface area (Å²) in [4.78, 5) is 10.8. The van der Waals surface area contributed by atoms with Gasteiger partial charge in [0.15, 0.2) is 0 Å². The lowest BCUT2D eigenvalue weighted by Crippen LogP contribution is -2.14. The third kappa shape index (κ3) is 2.69. The fourth-order valence-electron chi connectivity index (χ4n) is 0.830. The van der Waals surface area contributed by atoms with Gasteiger partial charge in [-0.1, -0.05) is 0 Å². The molecule has 5 heteroatoms. The number of halogens is 2. The predicted octanol–water partition coefficient (Wildman–Crippen LogP) is 2.35. The highest BCUT2D eigenvalue weighted by Gasteiger charge is 2.07. The van der Waals surface area contributed by atoms with E-state index >= 15 is 0 Å². The van der Waals surface area contributed by atoms with Gasteiger partial charge in [0.2, 0.25) is 0 Å². The van der Waals surface area contributed by atoms with Gasteiger partial charge in [0.05, 0.1) is 12.3 Å². The third-order valence-electron chi connectivity index (χ3n) is 1.40. The van der Waals surface area contributed by atoms with E-state index < -0.39 is 17.7 Å². The van der Waals surface area contributed by atoms with Crippen molar-refractivity contribution in [3.05, 3.63) is 36.8 Å². The fourth-order valence-corrected chi connectivity index (χ4v) is 0.830. The van der Waals surface area contributed by atoms with Crippen LogP contribution in [-0.4, -0.2) is 12.7 Å². The van der Waals surface area contributed by atoms with Crippen molar-refractivity contribution in [3.8, 4) is 0 Å². The molecule has 0 unspecified atom stereocenters. The molecule has 0 fully saturated rings. The van der Waals surface area contributed by atoms with Gasteiger partial charge in [-0.05, 0) is 19.1 Å². The third-order valence-corrected chi connectivity index (χ3v) is 1.40. The second kappa shape index (κ2) is 4.55. The van der Waals surface area contributed by atoms with Crippen molar-refractivity contribution in [2.75, 3.05) is 11.9 Å². The molecular formula is C9H8F2NO2. The first-order chi connectivity index (χ1) is 6.63. The Morgan fingerprint density at radius 3 is 2.79 bits per heavy atom. The lowest BCUT2D eigenvalue weighted by Gasteiger charge is -2.05. The summed E-state index contributed by atoms with van der Waals surface area (Å²) < 4.78 is 29.8. The maximum Gasteiger partial charge on any atom is 0.411 e. The second-order valence-corrected chi connectivity index (χ2v) is 2.39. The molecule has 0 spiro atoms. The van der Waals surface area contributed by atoms with Gasteiger partial charge < -0.3 is 4.74 Å². The first-order valence-corrected chi connectivity index (χ1v) is 3.81. The second-order valence-electron chi connectivity index (χ2n) is 2.39. The summed E-state index contributed by atoms with van der Waals surface area (Å²) in [6.07, 6.45) is -0.828. The first kappa shape index (κ1) is 10.4. The molecule has 0 aliphatic rings. The molecule has 0 aromatic heterocycles. The van der Waals surface area contributed by atoms with Crippen LogP contribution < -0.4 is 5.32 Å². The molecule has 0 saturated carbocycles. The Hall–Kier alpha value is -1.65. The Labute approximate surface area is 79.7 Å². The Balaban J connectivity index is 2.72. The summed E-state index contributed by atoms with van der Waals surface area (Å²) in [6.45, 7) is 3.21. The van der Waals surface area contributed by atoms with E-state index in [9.17, 15) is 13.6 Å². The smallest absolute Gasteiger partial charge is 0.411 e. The molecule has 0 heterocycles. The average molecular weight is 200 g/mol. The number of nitrogens with one attached hydrogen (secondary N) is 1. The minimum Gasteiger partial charge on any atom is -0.449 e. The van der Waals surface area contributed by atoms with E-state index in [1.54, 1.807) is 0 Å². The summed E-state index contributed by atoms with van der Waals surface area (Å²) in [5, 5.41) is 2.10. The van der Waals surface area contributed by atoms with E-state index in [-0.39, 0.29) is 12.3 Å². The van der Waals surface area contributed by atoms with Crippen LogP contribution in [0.1, 0.15) is 0 Å². The predicted molar refractivity (Wildman–Crippen MR) is 46.7 cm³/mol. The van der Waals surface area contributed by atoms with Crippen molar-refractivity contribution in [2.45, 2.75) is 0 Å². The Kier molecular flexibility index (Phi) is 3.39. The van der Waals surface area contributed by atoms with Gasteiger partial charge in [-0.3, -0.25) is 5.32 Å². The molecule has 0 bridgehead atoms. The normalized spacial score (nSPS) is 9.64. The van der Waals surface area contributed by atoms with Crippen molar-refractivity contribution in [3.63, 3.8) is 0 Å². The molecule has 3 nitrogen and oxygen atoms in total. The fraction of sp³-hybridized carbons (Fsp3) is 0.111. The summed E-state index contributed by atoms with van der Waals surface area (Å²) in [5.74, 6) is -1.57. The van der Waals surface area contributed by atoms with Crippen LogP contribution in [0.4, 0.5) is 19.3 Å². The number of benzene rings is 1. The van der Waals surface area contributed by atoms with Crippen LogP contribution in [0.3, 0.4) is 0 Å². The van der Waals surface area contributed by atoms with Crippen molar-refractivity contribution in [2.24, 2.45) is 0 Å². The van der Waals surface area contributed by atoms with Crippen LogP contribution in [0.25, 0.3) is 0 Å². The number of carbonyl (C=O) groups excluding carboxylic acids is 1. The van der Waals surface area contributed by atoms with Crippen molar-refractivity contribution in [1.82, 2.24) is 0 Å². The van der Waals surface area contributed by atoms with Gasteiger partial charge in [-0.2, -0.15) is 0 Å². The van der Waals surface area contributed by atoms with Crippen LogP contribution in [0, 0.1) is 18.6 Å². The van der Waals surface area contributed by atoms with Crippen LogP contribution in [0.5, 0.6) is 0 Å². The zero-order valence-corrected chi connectivity index (χ0v) is 7.22. The van der Waals surface area contributed by atoms with E-state index in [4.69, 9.17) is 0 Å². The molecular weight excluding hydrogens is 192 g/mol. The number of hydrogen-bond acceptors (Lipinski definition) is 2. The van der Waals surface area contributed by atoms with Crippen LogP contribution in [0.15, 0.2) is 18.2 Å². The highest BCUT2D eigenvalue weighted by molar-refractivity contribution is 5.84. The lowest BCUT2D eigenvalue weighted by atomic mass is 10.3. The molecule has 1 rings (SSSR count). The summed E-state index contributed by atoms with van der Waals surface area (Å²) in [6, 6.07) is 2.80. The van der Waals surface area contributed by atoms with Gasteiger partial charge in [-0.25, -0.2) is 13.6 Å². The minimum absolute atomic E-state index is 0.0609. The number of anilines is 1. The summed E-state index contributed by atoms with van der Waals surface area (Å²) >= 11 is 0. The molecule has 14 heavy (non-hydrogen) atoms. The van der Waals surface area contributed by atoms with Crippen LogP contribution in [0.2, 0.25) is 0 Å². The topological polar surface area (TPSA) is 38.3 Å². The van der Waals surface area contributed by atoms with Crippen LogP contribution >= 0.6 is 0 Å². The summed E-state index contributed by atoms with van der Waals surface area (Å²) in [7, 11) is 0. The number of rotatable bonds is 2. The number of carbonyl (C=O) groups is 1. The first-order valence-electron chi connectivity index (χ1n) is 3.81. The van der Waals surface area contributed by atoms with Crippen LogP contribution in [-0.2, 0) is 4.74 Å². The Morgan fingerprint density at radius 1 is 1.50 bits per heavy atom. The molecule has 1 amide bonds. The van der Waals surface area contributed by atoms with E-state index in [0.29, 0.717) is 6.07 Å². The van der Waals surface area contributed by atoms with Gasteiger partial charge in [0.1, 0.15) is 11.6 Å². The quantitative estimate of drug-likeness (QED) is 0.795. The molecule has 0 aliphatic heterocycles. The van der Waals surface area contributed by atoms with Gasteiger partial charge in [-0.15, -0.1) is 0 Å². The van der Waals surface area contributed by atoms with E-state index in [0.717, 1.165) is 12.1 Å². The van der Waals surface area contributed by atoms with Gasteiger partial charge in [0, 0.05) is 6.07 Å². The van der Waals surface area contributed by atoms with E-state index in [1.807, 2.05) is 0 Å². The largest absolute Gasteiger partial charge is 0.449 e. The highest BCUT2D eigenvalue weighted by atomic mass is 19.1. The van der Waals surface area contributed by atoms with Crippen molar-refractivity contribution < 1.29 is 18.3 Å². The Morgan fingerprint density at radius 2 is 2.21 bits per heavy atom. The molecule has 0 saturated heterocycles. The monoisotopic (exact) mass is 200 g/mol.